The van der Waals surface area contributed by atoms with Crippen LogP contribution in [0.4, 0.5) is 0 Å². The zero-order valence-electron chi connectivity index (χ0n) is 15.0. The zero-order chi connectivity index (χ0) is 18.2. The van der Waals surface area contributed by atoms with Crippen LogP contribution in [0.25, 0.3) is 0 Å². The molecule has 1 saturated heterocycles. The summed E-state index contributed by atoms with van der Waals surface area (Å²) in [6.45, 7) is 4.56. The van der Waals surface area contributed by atoms with Crippen LogP contribution in [0.1, 0.15) is 19.4 Å². The number of ether oxygens (including phenoxy) is 5. The lowest BCUT2D eigenvalue weighted by Gasteiger charge is -2.43. The highest BCUT2D eigenvalue weighted by Crippen LogP contribution is 2.28. The lowest BCUT2D eigenvalue weighted by Crippen LogP contribution is -2.61. The number of hydrogen-bond donors (Lipinski definition) is 2. The van der Waals surface area contributed by atoms with E-state index >= 15 is 0 Å². The van der Waals surface area contributed by atoms with Crippen LogP contribution >= 0.6 is 0 Å². The van der Waals surface area contributed by atoms with Crippen molar-refractivity contribution >= 4 is 0 Å². The first-order valence-corrected chi connectivity index (χ1v) is 8.56. The first-order chi connectivity index (χ1) is 12.1. The number of hydrogen-bond acceptors (Lipinski definition) is 7. The molecule has 3 unspecified atom stereocenters. The van der Waals surface area contributed by atoms with Crippen LogP contribution in [0, 0.1) is 0 Å². The maximum absolute atomic E-state index is 10.2. The minimum absolute atomic E-state index is 0.285. The first kappa shape index (κ1) is 20.1. The predicted molar refractivity (Wildman–Crippen MR) is 90.4 cm³/mol. The maximum atomic E-state index is 10.2. The summed E-state index contributed by atoms with van der Waals surface area (Å²) in [5.74, 6) is 0.768. The molecule has 2 rings (SSSR count). The van der Waals surface area contributed by atoms with Gasteiger partial charge in [-0.05, 0) is 31.5 Å². The number of rotatable bonds is 9. The second-order valence-corrected chi connectivity index (χ2v) is 5.71. The fraction of sp³-hybridized carbons (Fsp3) is 0.667. The van der Waals surface area contributed by atoms with Crippen molar-refractivity contribution < 1.29 is 33.9 Å². The molecule has 142 valence electrons. The predicted octanol–water partition coefficient (Wildman–Crippen LogP) is 1.10. The maximum Gasteiger partial charge on any atom is 0.184 e. The Kier molecular flexibility index (Phi) is 8.08. The van der Waals surface area contributed by atoms with Crippen molar-refractivity contribution in [1.82, 2.24) is 0 Å². The Bertz CT molecular complexity index is 493. The summed E-state index contributed by atoms with van der Waals surface area (Å²) in [4.78, 5) is 0. The molecule has 1 aliphatic rings. The van der Waals surface area contributed by atoms with Crippen molar-refractivity contribution in [3.8, 4) is 5.75 Å². The molecule has 1 aromatic carbocycles. The van der Waals surface area contributed by atoms with Crippen molar-refractivity contribution in [2.24, 2.45) is 0 Å². The van der Waals surface area contributed by atoms with Gasteiger partial charge < -0.3 is 33.9 Å². The third kappa shape index (κ3) is 5.13. The van der Waals surface area contributed by atoms with Gasteiger partial charge in [0.15, 0.2) is 6.29 Å². The smallest absolute Gasteiger partial charge is 0.184 e. The molecule has 0 aromatic heterocycles. The molecule has 1 heterocycles. The van der Waals surface area contributed by atoms with E-state index in [-0.39, 0.29) is 6.61 Å². The summed E-state index contributed by atoms with van der Waals surface area (Å²) in [6, 6.07) is 7.51. The third-order valence-electron chi connectivity index (χ3n) is 4.11. The van der Waals surface area contributed by atoms with Gasteiger partial charge in [0.1, 0.15) is 30.2 Å². The molecule has 0 radical (unpaired) electrons. The van der Waals surface area contributed by atoms with Gasteiger partial charge in [0.25, 0.3) is 0 Å². The molecule has 0 spiro atoms. The molecule has 1 aromatic rings. The second-order valence-electron chi connectivity index (χ2n) is 5.71. The van der Waals surface area contributed by atoms with Gasteiger partial charge in [-0.25, -0.2) is 0 Å². The number of benzene rings is 1. The van der Waals surface area contributed by atoms with E-state index < -0.39 is 30.7 Å². The van der Waals surface area contributed by atoms with E-state index in [0.29, 0.717) is 19.8 Å². The van der Waals surface area contributed by atoms with Gasteiger partial charge >= 0.3 is 0 Å². The van der Waals surface area contributed by atoms with Gasteiger partial charge in [-0.2, -0.15) is 0 Å². The number of methoxy groups -OCH3 is 1. The molecule has 2 N–H and O–H groups in total. The molecule has 25 heavy (non-hydrogen) atoms. The molecule has 0 bridgehead atoms. The van der Waals surface area contributed by atoms with Crippen molar-refractivity contribution in [2.75, 3.05) is 26.9 Å². The Morgan fingerprint density at radius 1 is 0.960 bits per heavy atom. The van der Waals surface area contributed by atoms with Crippen LogP contribution in [0.2, 0.25) is 0 Å². The van der Waals surface area contributed by atoms with Gasteiger partial charge in [-0.1, -0.05) is 12.1 Å². The lowest BCUT2D eigenvalue weighted by atomic mass is 9.98. The Morgan fingerprint density at radius 3 is 2.16 bits per heavy atom. The van der Waals surface area contributed by atoms with Gasteiger partial charge in [0, 0.05) is 13.2 Å². The van der Waals surface area contributed by atoms with E-state index in [1.54, 1.807) is 7.11 Å². The molecule has 0 saturated carbocycles. The van der Waals surface area contributed by atoms with Crippen molar-refractivity contribution in [1.29, 1.82) is 0 Å². The van der Waals surface area contributed by atoms with E-state index in [1.165, 1.54) is 0 Å². The largest absolute Gasteiger partial charge is 0.497 e. The molecule has 1 aliphatic heterocycles. The van der Waals surface area contributed by atoms with Gasteiger partial charge in [0.2, 0.25) is 0 Å². The minimum Gasteiger partial charge on any atom is -0.497 e. The monoisotopic (exact) mass is 356 g/mol. The molecule has 7 nitrogen and oxygen atoms in total. The second kappa shape index (κ2) is 10.1. The molecule has 1 fully saturated rings. The molecule has 5 atom stereocenters. The highest BCUT2D eigenvalue weighted by atomic mass is 16.7. The minimum atomic E-state index is -1.17. The topological polar surface area (TPSA) is 86.6 Å². The quantitative estimate of drug-likeness (QED) is 0.685. The summed E-state index contributed by atoms with van der Waals surface area (Å²) in [6.07, 6.45) is -3.64. The fourth-order valence-electron chi connectivity index (χ4n) is 2.91. The van der Waals surface area contributed by atoms with Crippen molar-refractivity contribution in [3.05, 3.63) is 29.8 Å². The number of aliphatic hydroxyl groups is 2. The van der Waals surface area contributed by atoms with E-state index in [1.807, 2.05) is 38.1 Å². The normalized spacial score (nSPS) is 29.6. The Morgan fingerprint density at radius 2 is 1.60 bits per heavy atom. The van der Waals surface area contributed by atoms with Crippen LogP contribution in [0.5, 0.6) is 5.75 Å². The van der Waals surface area contributed by atoms with E-state index in [0.717, 1.165) is 11.3 Å². The molecular formula is C18H28O7. The van der Waals surface area contributed by atoms with E-state index in [9.17, 15) is 10.2 Å². The standard InChI is InChI=1S/C18H28O7/c1-4-22-16-15(14(10-19)25-18(20)17(16)23-5-2)24-11-12-6-8-13(21-3)9-7-12/h6-9,14-20H,4-5,10-11H2,1-3H3/t14?,15-,16?,17?,18+/m1/s1. The first-order valence-electron chi connectivity index (χ1n) is 8.56. The number of aliphatic hydroxyl groups excluding tert-OH is 2. The third-order valence-corrected chi connectivity index (χ3v) is 4.11. The summed E-state index contributed by atoms with van der Waals surface area (Å²) in [5.41, 5.74) is 0.951. The van der Waals surface area contributed by atoms with Crippen LogP contribution in [-0.4, -0.2) is 67.8 Å². The van der Waals surface area contributed by atoms with Crippen molar-refractivity contribution in [3.63, 3.8) is 0 Å². The Hall–Kier alpha value is -1.22. The molecular weight excluding hydrogens is 328 g/mol. The lowest BCUT2D eigenvalue weighted by molar-refractivity contribution is -0.310. The summed E-state index contributed by atoms with van der Waals surface area (Å²) < 4.78 is 28.0. The molecule has 0 aliphatic carbocycles. The highest BCUT2D eigenvalue weighted by Gasteiger charge is 2.47. The average molecular weight is 356 g/mol. The Balaban J connectivity index is 2.10. The SMILES string of the molecule is CCOC1C(OCC)[C@@H](O)OC(CO)[C@H]1OCc1ccc(OC)cc1. The molecule has 0 amide bonds. The van der Waals surface area contributed by atoms with E-state index in [2.05, 4.69) is 0 Å². The highest BCUT2D eigenvalue weighted by molar-refractivity contribution is 5.26. The van der Waals surface area contributed by atoms with E-state index in [4.69, 9.17) is 23.7 Å². The van der Waals surface area contributed by atoms with Crippen LogP contribution in [-0.2, 0) is 25.6 Å². The van der Waals surface area contributed by atoms with Crippen LogP contribution < -0.4 is 4.74 Å². The average Bonchev–Trinajstić information content (AvgIpc) is 2.64. The van der Waals surface area contributed by atoms with Gasteiger partial charge in [-0.3, -0.25) is 0 Å². The van der Waals surface area contributed by atoms with Gasteiger partial charge in [0.05, 0.1) is 20.3 Å². The summed E-state index contributed by atoms with van der Waals surface area (Å²) >= 11 is 0. The van der Waals surface area contributed by atoms with Gasteiger partial charge in [-0.15, -0.1) is 0 Å². The molecule has 7 heteroatoms. The van der Waals surface area contributed by atoms with Crippen LogP contribution in [0.3, 0.4) is 0 Å². The van der Waals surface area contributed by atoms with Crippen molar-refractivity contribution in [2.45, 2.75) is 51.2 Å². The Labute approximate surface area is 148 Å². The fourth-order valence-corrected chi connectivity index (χ4v) is 2.91. The zero-order valence-corrected chi connectivity index (χ0v) is 15.0. The summed E-state index contributed by atoms with van der Waals surface area (Å²) in [5, 5.41) is 19.8. The van der Waals surface area contributed by atoms with Crippen LogP contribution in [0.15, 0.2) is 24.3 Å². The summed E-state index contributed by atoms with van der Waals surface area (Å²) in [7, 11) is 1.61.